The Hall–Kier alpha value is -2.65. The van der Waals surface area contributed by atoms with E-state index < -0.39 is 5.60 Å². The quantitative estimate of drug-likeness (QED) is 0.187. The Bertz CT molecular complexity index is 1330. The molecule has 7 heteroatoms. The van der Waals surface area contributed by atoms with Crippen LogP contribution in [0.25, 0.3) is 11.1 Å². The Morgan fingerprint density at radius 2 is 1.77 bits per heavy atom. The lowest BCUT2D eigenvalue weighted by Crippen LogP contribution is -2.46. The van der Waals surface area contributed by atoms with Crippen molar-refractivity contribution in [1.29, 1.82) is 0 Å². The molecule has 1 aliphatic carbocycles. The molecule has 1 amide bonds. The lowest BCUT2D eigenvalue weighted by atomic mass is 9.90. The van der Waals surface area contributed by atoms with Gasteiger partial charge in [0.25, 0.3) is 0 Å². The summed E-state index contributed by atoms with van der Waals surface area (Å²) in [6.07, 6.45) is 3.77. The number of nitrogens with zero attached hydrogens (tertiary/aromatic N) is 2. The van der Waals surface area contributed by atoms with Crippen LogP contribution in [-0.4, -0.2) is 42.8 Å². The maximum atomic E-state index is 13.6. The lowest BCUT2D eigenvalue weighted by Gasteiger charge is -2.37. The summed E-state index contributed by atoms with van der Waals surface area (Å²) >= 11 is 2.35. The highest BCUT2D eigenvalue weighted by molar-refractivity contribution is 14.1. The van der Waals surface area contributed by atoms with Crippen LogP contribution in [-0.2, 0) is 15.7 Å². The normalized spacial score (nSPS) is 18.9. The topological polar surface area (TPSA) is 42.0 Å². The first-order valence-corrected chi connectivity index (χ1v) is 15.4. The molecule has 3 aliphatic rings. The standard InChI is InChI=1S/C32H34FIN2O3/c1-2-38-30-18-29(24-7-9-26(33)10-8-24)28(23-5-6-23)17-25(30)20-35-15-13-32(14-16-35)21-36(31(37)39-32)27-11-3-22(19-34)4-12-27/h3-4,7-12,17-18,23H,2,5-6,13-16,19-21H2,1H3. The van der Waals surface area contributed by atoms with Crippen LogP contribution in [0.1, 0.15) is 55.2 Å². The first kappa shape index (κ1) is 26.6. The molecule has 3 aromatic carbocycles. The third-order valence-corrected chi connectivity index (χ3v) is 9.12. The number of carbonyl (C=O) groups is 1. The molecule has 5 nitrogen and oxygen atoms in total. The van der Waals surface area contributed by atoms with E-state index in [-0.39, 0.29) is 11.9 Å². The molecule has 2 saturated heterocycles. The van der Waals surface area contributed by atoms with Crippen LogP contribution in [0.3, 0.4) is 0 Å². The van der Waals surface area contributed by atoms with Crippen LogP contribution in [0.5, 0.6) is 5.75 Å². The number of rotatable bonds is 8. The number of hydrogen-bond donors (Lipinski definition) is 0. The number of likely N-dealkylation sites (tertiary alicyclic amines) is 1. The average Bonchev–Trinajstić information content (AvgIpc) is 3.75. The number of alkyl halides is 1. The fraction of sp³-hybridized carbons (Fsp3) is 0.406. The van der Waals surface area contributed by atoms with Crippen LogP contribution in [0, 0.1) is 5.82 Å². The highest BCUT2D eigenvalue weighted by Gasteiger charge is 2.47. The van der Waals surface area contributed by atoms with E-state index in [2.05, 4.69) is 51.8 Å². The average molecular weight is 641 g/mol. The molecule has 2 heterocycles. The minimum Gasteiger partial charge on any atom is -0.494 e. The van der Waals surface area contributed by atoms with Crippen molar-refractivity contribution in [3.05, 3.63) is 83.2 Å². The summed E-state index contributed by atoms with van der Waals surface area (Å²) in [5.74, 6) is 1.23. The summed E-state index contributed by atoms with van der Waals surface area (Å²) in [6.45, 7) is 5.72. The number of amides is 1. The van der Waals surface area contributed by atoms with Gasteiger partial charge in [-0.3, -0.25) is 9.80 Å². The molecule has 2 aliphatic heterocycles. The number of piperidine rings is 1. The second-order valence-electron chi connectivity index (χ2n) is 11.0. The van der Waals surface area contributed by atoms with Crippen LogP contribution in [0.15, 0.2) is 60.7 Å². The van der Waals surface area contributed by atoms with E-state index in [9.17, 15) is 9.18 Å². The number of halogens is 2. The molecule has 0 bridgehead atoms. The van der Waals surface area contributed by atoms with Crippen molar-refractivity contribution in [2.45, 2.75) is 55.1 Å². The van der Waals surface area contributed by atoms with Gasteiger partial charge in [0.1, 0.15) is 17.2 Å². The molecule has 3 aromatic rings. The summed E-state index contributed by atoms with van der Waals surface area (Å²) in [6, 6.07) is 19.5. The van der Waals surface area contributed by atoms with Crippen LogP contribution in [0.2, 0.25) is 0 Å². The van der Waals surface area contributed by atoms with Crippen LogP contribution < -0.4 is 9.64 Å². The third kappa shape index (κ3) is 5.66. The van der Waals surface area contributed by atoms with E-state index in [4.69, 9.17) is 9.47 Å². The maximum absolute atomic E-state index is 13.6. The Morgan fingerprint density at radius 1 is 1.05 bits per heavy atom. The molecule has 0 unspecified atom stereocenters. The van der Waals surface area contributed by atoms with Crippen LogP contribution in [0.4, 0.5) is 14.9 Å². The molecule has 1 saturated carbocycles. The summed E-state index contributed by atoms with van der Waals surface area (Å²) in [5, 5.41) is 0. The summed E-state index contributed by atoms with van der Waals surface area (Å²) in [5.41, 5.74) is 6.43. The van der Waals surface area contributed by atoms with Gasteiger partial charge in [0.2, 0.25) is 0 Å². The van der Waals surface area contributed by atoms with Gasteiger partial charge in [-0.15, -0.1) is 0 Å². The number of benzene rings is 3. The predicted octanol–water partition coefficient (Wildman–Crippen LogP) is 7.70. The second-order valence-corrected chi connectivity index (χ2v) is 11.7. The number of anilines is 1. The molecule has 39 heavy (non-hydrogen) atoms. The summed E-state index contributed by atoms with van der Waals surface area (Å²) < 4.78 is 26.7. The molecule has 0 atom stereocenters. The number of hydrogen-bond acceptors (Lipinski definition) is 4. The monoisotopic (exact) mass is 640 g/mol. The minimum atomic E-state index is -0.427. The van der Waals surface area contributed by atoms with Crippen molar-refractivity contribution in [3.8, 4) is 16.9 Å². The fourth-order valence-electron chi connectivity index (χ4n) is 5.88. The molecule has 0 aromatic heterocycles. The smallest absolute Gasteiger partial charge is 0.415 e. The first-order chi connectivity index (χ1) is 19.0. The van der Waals surface area contributed by atoms with Gasteiger partial charge in [-0.05, 0) is 84.3 Å². The predicted molar refractivity (Wildman–Crippen MR) is 160 cm³/mol. The van der Waals surface area contributed by atoms with Crippen LogP contribution >= 0.6 is 22.6 Å². The largest absolute Gasteiger partial charge is 0.494 e. The Balaban J connectivity index is 1.17. The summed E-state index contributed by atoms with van der Waals surface area (Å²) in [7, 11) is 0. The van der Waals surface area contributed by atoms with Gasteiger partial charge in [0.05, 0.1) is 13.2 Å². The minimum absolute atomic E-state index is 0.221. The zero-order chi connectivity index (χ0) is 27.0. The van der Waals surface area contributed by atoms with Crippen molar-refractivity contribution >= 4 is 34.4 Å². The van der Waals surface area contributed by atoms with E-state index in [1.165, 1.54) is 41.7 Å². The van der Waals surface area contributed by atoms with E-state index >= 15 is 0 Å². The second kappa shape index (κ2) is 11.1. The Kier molecular flexibility index (Phi) is 7.55. The van der Waals surface area contributed by atoms with Gasteiger partial charge in [-0.1, -0.05) is 46.9 Å². The zero-order valence-corrected chi connectivity index (χ0v) is 24.5. The maximum Gasteiger partial charge on any atom is 0.415 e. The van der Waals surface area contributed by atoms with Crippen molar-refractivity contribution in [1.82, 2.24) is 4.90 Å². The van der Waals surface area contributed by atoms with Gasteiger partial charge in [-0.2, -0.15) is 0 Å². The SMILES string of the molecule is CCOc1cc(-c2ccc(F)cc2)c(C2CC2)cc1CN1CCC2(CC1)CN(c1ccc(CI)cc1)C(=O)O2. The van der Waals surface area contributed by atoms with E-state index in [0.29, 0.717) is 19.1 Å². The molecule has 0 N–H and O–H groups in total. The van der Waals surface area contributed by atoms with E-state index in [0.717, 1.165) is 59.5 Å². The van der Waals surface area contributed by atoms with E-state index in [1.54, 1.807) is 4.90 Å². The van der Waals surface area contributed by atoms with Gasteiger partial charge < -0.3 is 9.47 Å². The lowest BCUT2D eigenvalue weighted by molar-refractivity contribution is -0.00111. The molecular formula is C32H34FIN2O3. The molecule has 6 rings (SSSR count). The Labute approximate surface area is 243 Å². The molecule has 0 radical (unpaired) electrons. The third-order valence-electron chi connectivity index (χ3n) is 8.24. The number of carbonyl (C=O) groups excluding carboxylic acids is 1. The van der Waals surface area contributed by atoms with Gasteiger partial charge >= 0.3 is 6.09 Å². The van der Waals surface area contributed by atoms with Gasteiger partial charge in [0.15, 0.2) is 0 Å². The number of ether oxygens (including phenoxy) is 2. The van der Waals surface area contributed by atoms with Gasteiger partial charge in [0, 0.05) is 48.2 Å². The molecule has 204 valence electrons. The van der Waals surface area contributed by atoms with Crippen molar-refractivity contribution < 1.29 is 18.7 Å². The molecule has 3 fully saturated rings. The zero-order valence-electron chi connectivity index (χ0n) is 22.3. The van der Waals surface area contributed by atoms with Gasteiger partial charge in [-0.25, -0.2) is 9.18 Å². The fourth-order valence-corrected chi connectivity index (χ4v) is 6.38. The molecular weight excluding hydrogens is 606 g/mol. The molecule has 1 spiro atoms. The highest BCUT2D eigenvalue weighted by Crippen LogP contribution is 2.47. The van der Waals surface area contributed by atoms with Crippen molar-refractivity contribution in [3.63, 3.8) is 0 Å². The Morgan fingerprint density at radius 3 is 2.41 bits per heavy atom. The first-order valence-electron chi connectivity index (χ1n) is 13.9. The van der Waals surface area contributed by atoms with E-state index in [1.807, 2.05) is 31.2 Å². The highest BCUT2D eigenvalue weighted by atomic mass is 127. The summed E-state index contributed by atoms with van der Waals surface area (Å²) in [4.78, 5) is 17.1. The van der Waals surface area contributed by atoms with Crippen molar-refractivity contribution in [2.24, 2.45) is 0 Å². The van der Waals surface area contributed by atoms with Crippen molar-refractivity contribution in [2.75, 3.05) is 31.1 Å².